The molecular weight excluding hydrogens is 338 g/mol. The standard InChI is InChI=1S/C13H10BrClF2N2/c14-11-3-1-7(15)5-9(11)13(19-18)10-6-8(16)2-4-12(10)17/h1-6,13,19H,18H2. The van der Waals surface area contributed by atoms with Gasteiger partial charge in [-0.1, -0.05) is 27.5 Å². The summed E-state index contributed by atoms with van der Waals surface area (Å²) in [4.78, 5) is 0. The Morgan fingerprint density at radius 1 is 1.11 bits per heavy atom. The van der Waals surface area contributed by atoms with Crippen molar-refractivity contribution < 1.29 is 8.78 Å². The summed E-state index contributed by atoms with van der Waals surface area (Å²) >= 11 is 9.26. The number of nitrogens with one attached hydrogen (secondary N) is 1. The van der Waals surface area contributed by atoms with Crippen LogP contribution < -0.4 is 11.3 Å². The summed E-state index contributed by atoms with van der Waals surface area (Å²) in [5, 5.41) is 0.482. The van der Waals surface area contributed by atoms with Gasteiger partial charge in [0.2, 0.25) is 0 Å². The number of benzene rings is 2. The molecule has 0 aliphatic heterocycles. The van der Waals surface area contributed by atoms with Crippen molar-refractivity contribution in [3.05, 3.63) is 68.7 Å². The molecule has 2 rings (SSSR count). The lowest BCUT2D eigenvalue weighted by Gasteiger charge is -2.19. The van der Waals surface area contributed by atoms with Crippen molar-refractivity contribution in [2.45, 2.75) is 6.04 Å². The molecule has 3 N–H and O–H groups in total. The smallest absolute Gasteiger partial charge is 0.128 e. The average Bonchev–Trinajstić information content (AvgIpc) is 2.38. The second kappa shape index (κ2) is 5.96. The molecule has 0 fully saturated rings. The summed E-state index contributed by atoms with van der Waals surface area (Å²) in [7, 11) is 0. The lowest BCUT2D eigenvalue weighted by Crippen LogP contribution is -2.30. The molecule has 6 heteroatoms. The van der Waals surface area contributed by atoms with Crippen LogP contribution in [0.25, 0.3) is 0 Å². The largest absolute Gasteiger partial charge is 0.271 e. The number of hydrazine groups is 1. The zero-order valence-electron chi connectivity index (χ0n) is 9.63. The highest BCUT2D eigenvalue weighted by Gasteiger charge is 2.20. The molecule has 1 unspecified atom stereocenters. The fourth-order valence-electron chi connectivity index (χ4n) is 1.82. The highest BCUT2D eigenvalue weighted by molar-refractivity contribution is 9.10. The molecule has 0 saturated heterocycles. The molecule has 2 nitrogen and oxygen atoms in total. The quantitative estimate of drug-likeness (QED) is 0.652. The van der Waals surface area contributed by atoms with E-state index in [4.69, 9.17) is 17.4 Å². The van der Waals surface area contributed by atoms with Gasteiger partial charge in [-0.15, -0.1) is 0 Å². The van der Waals surface area contributed by atoms with Crippen molar-refractivity contribution in [2.24, 2.45) is 5.84 Å². The molecule has 0 aliphatic rings. The number of halogens is 4. The van der Waals surface area contributed by atoms with Crippen molar-refractivity contribution in [3.8, 4) is 0 Å². The Morgan fingerprint density at radius 2 is 1.84 bits per heavy atom. The first-order valence-electron chi connectivity index (χ1n) is 5.39. The van der Waals surface area contributed by atoms with E-state index in [1.807, 2.05) is 0 Å². The maximum absolute atomic E-state index is 13.8. The summed E-state index contributed by atoms with van der Waals surface area (Å²) in [5.41, 5.74) is 3.22. The lowest BCUT2D eigenvalue weighted by atomic mass is 9.98. The fourth-order valence-corrected chi connectivity index (χ4v) is 2.47. The minimum Gasteiger partial charge on any atom is -0.271 e. The topological polar surface area (TPSA) is 38.0 Å². The van der Waals surface area contributed by atoms with Gasteiger partial charge in [0.05, 0.1) is 6.04 Å². The number of hydrogen-bond acceptors (Lipinski definition) is 2. The fraction of sp³-hybridized carbons (Fsp3) is 0.0769. The Hall–Kier alpha value is -1.01. The summed E-state index contributed by atoms with van der Waals surface area (Å²) in [6.07, 6.45) is 0. The predicted octanol–water partition coefficient (Wildman–Crippen LogP) is 3.93. The molecule has 1 atom stereocenters. The Labute approximate surface area is 122 Å². The third kappa shape index (κ3) is 3.12. The van der Waals surface area contributed by atoms with E-state index < -0.39 is 17.7 Å². The second-order valence-corrected chi connectivity index (χ2v) is 5.22. The Bertz CT molecular complexity index is 556. The van der Waals surface area contributed by atoms with Gasteiger partial charge in [-0.05, 0) is 42.0 Å². The van der Waals surface area contributed by atoms with Crippen molar-refractivity contribution >= 4 is 27.5 Å². The Balaban J connectivity index is 2.55. The monoisotopic (exact) mass is 346 g/mol. The van der Waals surface area contributed by atoms with E-state index in [1.54, 1.807) is 18.2 Å². The van der Waals surface area contributed by atoms with Crippen LogP contribution in [0.5, 0.6) is 0 Å². The number of nitrogens with two attached hydrogens (primary N) is 1. The van der Waals surface area contributed by atoms with Gasteiger partial charge in [0, 0.05) is 15.1 Å². The first-order valence-corrected chi connectivity index (χ1v) is 6.56. The third-order valence-corrected chi connectivity index (χ3v) is 3.66. The molecule has 0 spiro atoms. The molecule has 0 aliphatic carbocycles. The van der Waals surface area contributed by atoms with Gasteiger partial charge < -0.3 is 0 Å². The Morgan fingerprint density at radius 3 is 2.53 bits per heavy atom. The van der Waals surface area contributed by atoms with E-state index in [0.717, 1.165) is 18.2 Å². The first-order chi connectivity index (χ1) is 9.02. The summed E-state index contributed by atoms with van der Waals surface area (Å²) < 4.78 is 27.8. The predicted molar refractivity (Wildman–Crippen MR) is 74.7 cm³/mol. The molecule has 0 amide bonds. The lowest BCUT2D eigenvalue weighted by molar-refractivity contribution is 0.545. The van der Waals surface area contributed by atoms with Crippen molar-refractivity contribution in [1.29, 1.82) is 0 Å². The Kier molecular flexibility index (Phi) is 4.52. The molecule has 0 aromatic heterocycles. The molecule has 2 aromatic carbocycles. The molecule has 0 bridgehead atoms. The van der Waals surface area contributed by atoms with E-state index >= 15 is 0 Å². The molecule has 0 heterocycles. The average molecular weight is 348 g/mol. The maximum Gasteiger partial charge on any atom is 0.128 e. The molecule has 100 valence electrons. The van der Waals surface area contributed by atoms with Gasteiger partial charge >= 0.3 is 0 Å². The van der Waals surface area contributed by atoms with Crippen LogP contribution in [0.1, 0.15) is 17.2 Å². The van der Waals surface area contributed by atoms with Gasteiger partial charge in [0.15, 0.2) is 0 Å². The summed E-state index contributed by atoms with van der Waals surface area (Å²) in [5.74, 6) is 4.39. The van der Waals surface area contributed by atoms with Crippen LogP contribution in [-0.2, 0) is 0 Å². The van der Waals surface area contributed by atoms with E-state index in [0.29, 0.717) is 15.1 Å². The first kappa shape index (κ1) is 14.4. The van der Waals surface area contributed by atoms with E-state index in [1.165, 1.54) is 0 Å². The van der Waals surface area contributed by atoms with Gasteiger partial charge in [-0.3, -0.25) is 5.84 Å². The van der Waals surface area contributed by atoms with Crippen LogP contribution in [-0.4, -0.2) is 0 Å². The SMILES string of the molecule is NNC(c1cc(F)ccc1F)c1cc(Cl)ccc1Br. The molecule has 19 heavy (non-hydrogen) atoms. The van der Waals surface area contributed by atoms with Crippen LogP contribution in [0, 0.1) is 11.6 Å². The molecule has 2 aromatic rings. The zero-order valence-corrected chi connectivity index (χ0v) is 12.0. The third-order valence-electron chi connectivity index (χ3n) is 2.70. The molecular formula is C13H10BrClF2N2. The summed E-state index contributed by atoms with van der Waals surface area (Å²) in [6.45, 7) is 0. The second-order valence-electron chi connectivity index (χ2n) is 3.93. The minimum atomic E-state index is -0.705. The van der Waals surface area contributed by atoms with Crippen LogP contribution in [0.4, 0.5) is 8.78 Å². The van der Waals surface area contributed by atoms with Gasteiger partial charge in [-0.25, -0.2) is 14.2 Å². The van der Waals surface area contributed by atoms with E-state index in [2.05, 4.69) is 21.4 Å². The van der Waals surface area contributed by atoms with Gasteiger partial charge in [0.25, 0.3) is 0 Å². The highest BCUT2D eigenvalue weighted by atomic mass is 79.9. The maximum atomic E-state index is 13.8. The van der Waals surface area contributed by atoms with E-state index in [-0.39, 0.29) is 5.56 Å². The highest BCUT2D eigenvalue weighted by Crippen LogP contribution is 2.31. The molecule has 0 radical (unpaired) electrons. The normalized spacial score (nSPS) is 12.5. The number of rotatable bonds is 3. The van der Waals surface area contributed by atoms with Crippen LogP contribution in [0.15, 0.2) is 40.9 Å². The van der Waals surface area contributed by atoms with Crippen LogP contribution >= 0.6 is 27.5 Å². The van der Waals surface area contributed by atoms with Crippen molar-refractivity contribution in [1.82, 2.24) is 5.43 Å². The van der Waals surface area contributed by atoms with Gasteiger partial charge in [-0.2, -0.15) is 0 Å². The van der Waals surface area contributed by atoms with Crippen molar-refractivity contribution in [2.75, 3.05) is 0 Å². The minimum absolute atomic E-state index is 0.116. The van der Waals surface area contributed by atoms with Crippen molar-refractivity contribution in [3.63, 3.8) is 0 Å². The van der Waals surface area contributed by atoms with Gasteiger partial charge in [0.1, 0.15) is 11.6 Å². The summed E-state index contributed by atoms with van der Waals surface area (Å²) in [6, 6.07) is 7.56. The van der Waals surface area contributed by atoms with E-state index in [9.17, 15) is 8.78 Å². The number of hydrogen-bond donors (Lipinski definition) is 2. The molecule has 0 saturated carbocycles. The van der Waals surface area contributed by atoms with Crippen LogP contribution in [0.3, 0.4) is 0 Å². The zero-order chi connectivity index (χ0) is 14.0. The van der Waals surface area contributed by atoms with Crippen LogP contribution in [0.2, 0.25) is 5.02 Å².